The summed E-state index contributed by atoms with van der Waals surface area (Å²) in [7, 11) is 1.77. The van der Waals surface area contributed by atoms with Crippen LogP contribution in [0.5, 0.6) is 0 Å². The van der Waals surface area contributed by atoms with Crippen LogP contribution in [0.3, 0.4) is 0 Å². The summed E-state index contributed by atoms with van der Waals surface area (Å²) in [6.07, 6.45) is 7.45. The molecule has 110 valence electrons. The Morgan fingerprint density at radius 2 is 1.80 bits per heavy atom. The minimum Gasteiger partial charge on any atom is -0.451 e. The number of aryl methyl sites for hydroxylation is 1. The molecule has 0 aliphatic carbocycles. The molecule has 0 aromatic carbocycles. The fourth-order valence-corrected chi connectivity index (χ4v) is 2.46. The van der Waals surface area contributed by atoms with Gasteiger partial charge < -0.3 is 14.2 Å². The Labute approximate surface area is 119 Å². The van der Waals surface area contributed by atoms with E-state index in [-0.39, 0.29) is 12.5 Å². The Hall–Kier alpha value is -1.78. The lowest BCUT2D eigenvalue weighted by molar-refractivity contribution is -0.134. The van der Waals surface area contributed by atoms with Gasteiger partial charge >= 0.3 is 5.97 Å². The zero-order valence-corrected chi connectivity index (χ0v) is 12.0. The van der Waals surface area contributed by atoms with Gasteiger partial charge in [-0.25, -0.2) is 4.79 Å². The van der Waals surface area contributed by atoms with E-state index >= 15 is 0 Å². The quantitative estimate of drug-likeness (QED) is 0.794. The lowest BCUT2D eigenvalue weighted by atomic mass is 10.1. The summed E-state index contributed by atoms with van der Waals surface area (Å²) in [4.78, 5) is 25.7. The molecule has 0 saturated carbocycles. The molecule has 1 aliphatic heterocycles. The predicted molar refractivity (Wildman–Crippen MR) is 75.4 cm³/mol. The van der Waals surface area contributed by atoms with Crippen LogP contribution in [-0.4, -0.2) is 41.0 Å². The molecule has 20 heavy (non-hydrogen) atoms. The maximum absolute atomic E-state index is 12.1. The van der Waals surface area contributed by atoms with Crippen molar-refractivity contribution in [1.29, 1.82) is 0 Å². The van der Waals surface area contributed by atoms with Crippen molar-refractivity contribution in [3.63, 3.8) is 0 Å². The van der Waals surface area contributed by atoms with Crippen LogP contribution in [0.15, 0.2) is 18.3 Å². The fraction of sp³-hybridized carbons (Fsp3) is 0.600. The van der Waals surface area contributed by atoms with E-state index in [9.17, 15) is 9.59 Å². The van der Waals surface area contributed by atoms with Gasteiger partial charge in [0.2, 0.25) is 0 Å². The highest BCUT2D eigenvalue weighted by atomic mass is 16.5. The van der Waals surface area contributed by atoms with E-state index in [1.54, 1.807) is 29.9 Å². The van der Waals surface area contributed by atoms with Gasteiger partial charge in [-0.05, 0) is 25.0 Å². The van der Waals surface area contributed by atoms with Crippen LogP contribution in [0.2, 0.25) is 0 Å². The van der Waals surface area contributed by atoms with Crippen LogP contribution in [0, 0.1) is 0 Å². The van der Waals surface area contributed by atoms with Crippen LogP contribution in [-0.2, 0) is 16.6 Å². The number of likely N-dealkylation sites (tertiary alicyclic amines) is 1. The molecule has 1 amide bonds. The van der Waals surface area contributed by atoms with Crippen LogP contribution in [0.25, 0.3) is 0 Å². The van der Waals surface area contributed by atoms with E-state index in [1.807, 2.05) is 4.90 Å². The van der Waals surface area contributed by atoms with Gasteiger partial charge in [0.15, 0.2) is 6.61 Å². The Morgan fingerprint density at radius 1 is 1.15 bits per heavy atom. The lowest BCUT2D eigenvalue weighted by Crippen LogP contribution is -2.37. The summed E-state index contributed by atoms with van der Waals surface area (Å²) in [5.41, 5.74) is 0.463. The molecule has 0 N–H and O–H groups in total. The number of ether oxygens (including phenoxy) is 1. The third-order valence-electron chi connectivity index (χ3n) is 3.69. The molecule has 2 rings (SSSR count). The molecule has 0 spiro atoms. The summed E-state index contributed by atoms with van der Waals surface area (Å²) >= 11 is 0. The molecule has 0 unspecified atom stereocenters. The first kappa shape index (κ1) is 14.6. The van der Waals surface area contributed by atoms with Gasteiger partial charge in [-0.3, -0.25) is 4.79 Å². The molecule has 1 aliphatic rings. The number of carbonyl (C=O) groups is 2. The van der Waals surface area contributed by atoms with Crippen molar-refractivity contribution in [3.8, 4) is 0 Å². The molecule has 0 radical (unpaired) electrons. The zero-order chi connectivity index (χ0) is 14.4. The number of nitrogens with zero attached hydrogens (tertiary/aromatic N) is 2. The Kier molecular flexibility index (Phi) is 5.21. The van der Waals surface area contributed by atoms with Crippen LogP contribution >= 0.6 is 0 Å². The average Bonchev–Trinajstić information content (AvgIpc) is 2.81. The van der Waals surface area contributed by atoms with Gasteiger partial charge in [0, 0.05) is 26.3 Å². The summed E-state index contributed by atoms with van der Waals surface area (Å²) in [5, 5.41) is 0. The molecule has 5 nitrogen and oxygen atoms in total. The second-order valence-electron chi connectivity index (χ2n) is 5.23. The highest BCUT2D eigenvalue weighted by molar-refractivity contribution is 5.89. The van der Waals surface area contributed by atoms with E-state index < -0.39 is 5.97 Å². The number of amides is 1. The van der Waals surface area contributed by atoms with Crippen molar-refractivity contribution < 1.29 is 14.3 Å². The number of rotatable bonds is 3. The highest BCUT2D eigenvalue weighted by Gasteiger charge is 2.18. The second kappa shape index (κ2) is 7.12. The van der Waals surface area contributed by atoms with Gasteiger partial charge in [0.05, 0.1) is 0 Å². The summed E-state index contributed by atoms with van der Waals surface area (Å²) < 4.78 is 6.79. The monoisotopic (exact) mass is 278 g/mol. The molecule has 2 heterocycles. The molecular formula is C15H22N2O3. The van der Waals surface area contributed by atoms with Crippen LogP contribution < -0.4 is 0 Å². The van der Waals surface area contributed by atoms with E-state index in [4.69, 9.17) is 4.74 Å². The second-order valence-corrected chi connectivity index (χ2v) is 5.23. The zero-order valence-electron chi connectivity index (χ0n) is 12.0. The molecule has 5 heteroatoms. The van der Waals surface area contributed by atoms with Crippen molar-refractivity contribution in [2.24, 2.45) is 7.05 Å². The molecule has 1 fully saturated rings. The topological polar surface area (TPSA) is 51.5 Å². The normalized spacial score (nSPS) is 16.4. The predicted octanol–water partition coefficient (Wildman–Crippen LogP) is 1.97. The first-order valence-corrected chi connectivity index (χ1v) is 7.25. The van der Waals surface area contributed by atoms with Crippen molar-refractivity contribution in [1.82, 2.24) is 9.47 Å². The highest BCUT2D eigenvalue weighted by Crippen LogP contribution is 2.11. The van der Waals surface area contributed by atoms with Crippen molar-refractivity contribution in [3.05, 3.63) is 24.0 Å². The van der Waals surface area contributed by atoms with E-state index in [0.717, 1.165) is 25.9 Å². The third-order valence-corrected chi connectivity index (χ3v) is 3.69. The Bertz CT molecular complexity index is 459. The lowest BCUT2D eigenvalue weighted by Gasteiger charge is -2.24. The maximum atomic E-state index is 12.1. The fourth-order valence-electron chi connectivity index (χ4n) is 2.46. The number of carbonyl (C=O) groups excluding carboxylic acids is 2. The van der Waals surface area contributed by atoms with Gasteiger partial charge in [-0.15, -0.1) is 0 Å². The summed E-state index contributed by atoms with van der Waals surface area (Å²) in [6.45, 7) is 1.39. The molecular weight excluding hydrogens is 256 g/mol. The maximum Gasteiger partial charge on any atom is 0.355 e. The third kappa shape index (κ3) is 3.85. The molecule has 0 bridgehead atoms. The number of aromatic nitrogens is 1. The van der Waals surface area contributed by atoms with Gasteiger partial charge in [0.25, 0.3) is 5.91 Å². The minimum absolute atomic E-state index is 0.0885. The minimum atomic E-state index is -0.446. The van der Waals surface area contributed by atoms with Gasteiger partial charge in [-0.1, -0.05) is 19.3 Å². The smallest absolute Gasteiger partial charge is 0.355 e. The number of hydrogen-bond acceptors (Lipinski definition) is 3. The van der Waals surface area contributed by atoms with Crippen LogP contribution in [0.1, 0.15) is 42.6 Å². The van der Waals surface area contributed by atoms with Gasteiger partial charge in [0.1, 0.15) is 5.69 Å². The standard InChI is InChI=1S/C15H22N2O3/c1-16-9-7-8-13(16)15(19)20-12-14(18)17-10-5-3-2-4-6-11-17/h7-9H,2-6,10-12H2,1H3. The number of esters is 1. The Balaban J connectivity index is 1.82. The van der Waals surface area contributed by atoms with Crippen LogP contribution in [0.4, 0.5) is 0 Å². The largest absolute Gasteiger partial charge is 0.451 e. The van der Waals surface area contributed by atoms with E-state index in [1.165, 1.54) is 19.3 Å². The SMILES string of the molecule is Cn1cccc1C(=O)OCC(=O)N1CCCCCCC1. The Morgan fingerprint density at radius 3 is 2.40 bits per heavy atom. The van der Waals surface area contributed by atoms with E-state index in [2.05, 4.69) is 0 Å². The molecule has 1 aromatic heterocycles. The summed E-state index contributed by atoms with van der Waals surface area (Å²) in [6, 6.07) is 3.46. The molecule has 1 aromatic rings. The molecule has 1 saturated heterocycles. The van der Waals surface area contributed by atoms with E-state index in [0.29, 0.717) is 5.69 Å². The first-order valence-electron chi connectivity index (χ1n) is 7.25. The molecule has 0 atom stereocenters. The number of hydrogen-bond donors (Lipinski definition) is 0. The van der Waals surface area contributed by atoms with Crippen molar-refractivity contribution >= 4 is 11.9 Å². The first-order chi connectivity index (χ1) is 9.68. The van der Waals surface area contributed by atoms with Crippen molar-refractivity contribution in [2.75, 3.05) is 19.7 Å². The summed E-state index contributed by atoms with van der Waals surface area (Å²) in [5.74, 6) is -0.535. The average molecular weight is 278 g/mol. The van der Waals surface area contributed by atoms with Crippen molar-refractivity contribution in [2.45, 2.75) is 32.1 Å². The van der Waals surface area contributed by atoms with Gasteiger partial charge in [-0.2, -0.15) is 0 Å².